The third-order valence-corrected chi connectivity index (χ3v) is 4.43. The smallest absolute Gasteiger partial charge is 0.303 e. The van der Waals surface area contributed by atoms with Gasteiger partial charge in [0.05, 0.1) is 18.3 Å². The summed E-state index contributed by atoms with van der Waals surface area (Å²) in [6.45, 7) is 1.86. The molecular weight excluding hydrogens is 280 g/mol. The number of rotatable bonds is 15. The second kappa shape index (κ2) is 11.9. The molecular formula is C18H34O4. The molecule has 0 aromatic rings. The zero-order valence-corrected chi connectivity index (χ0v) is 14.1. The van der Waals surface area contributed by atoms with Crippen LogP contribution < -0.4 is 0 Å². The van der Waals surface area contributed by atoms with Crippen LogP contribution in [0, 0.1) is 0 Å². The molecule has 1 rings (SSSR count). The third kappa shape index (κ3) is 11.0. The van der Waals surface area contributed by atoms with Crippen molar-refractivity contribution >= 4 is 5.97 Å². The molecule has 22 heavy (non-hydrogen) atoms. The van der Waals surface area contributed by atoms with Gasteiger partial charge in [-0.2, -0.15) is 0 Å². The maximum absolute atomic E-state index is 10.4. The Morgan fingerprint density at radius 1 is 0.909 bits per heavy atom. The van der Waals surface area contributed by atoms with E-state index in [2.05, 4.69) is 0 Å². The molecule has 1 saturated heterocycles. The molecule has 1 heterocycles. The Morgan fingerprint density at radius 2 is 1.41 bits per heavy atom. The SMILES string of the molecule is CC(O)CCCCCCC1OC1CCCCCCCC(=O)O. The number of carboxylic acids is 1. The summed E-state index contributed by atoms with van der Waals surface area (Å²) in [5.41, 5.74) is 0. The topological polar surface area (TPSA) is 70.1 Å². The molecule has 1 fully saturated rings. The van der Waals surface area contributed by atoms with E-state index in [1.165, 1.54) is 44.9 Å². The van der Waals surface area contributed by atoms with E-state index in [-0.39, 0.29) is 6.10 Å². The van der Waals surface area contributed by atoms with Crippen LogP contribution in [0.25, 0.3) is 0 Å². The minimum atomic E-state index is -0.680. The maximum atomic E-state index is 10.4. The lowest BCUT2D eigenvalue weighted by molar-refractivity contribution is -0.137. The molecule has 3 atom stereocenters. The van der Waals surface area contributed by atoms with Crippen LogP contribution in [0.4, 0.5) is 0 Å². The maximum Gasteiger partial charge on any atom is 0.303 e. The van der Waals surface area contributed by atoms with E-state index >= 15 is 0 Å². The van der Waals surface area contributed by atoms with Gasteiger partial charge in [-0.05, 0) is 32.6 Å². The van der Waals surface area contributed by atoms with E-state index in [4.69, 9.17) is 9.84 Å². The van der Waals surface area contributed by atoms with Gasteiger partial charge in [0.2, 0.25) is 0 Å². The van der Waals surface area contributed by atoms with Gasteiger partial charge < -0.3 is 14.9 Å². The van der Waals surface area contributed by atoms with Crippen LogP contribution in [-0.2, 0) is 9.53 Å². The van der Waals surface area contributed by atoms with E-state index in [9.17, 15) is 9.90 Å². The number of epoxide rings is 1. The fourth-order valence-corrected chi connectivity index (χ4v) is 2.98. The minimum absolute atomic E-state index is 0.153. The molecule has 1 aliphatic rings. The first-order valence-corrected chi connectivity index (χ1v) is 9.15. The van der Waals surface area contributed by atoms with E-state index < -0.39 is 5.97 Å². The molecule has 4 nitrogen and oxygen atoms in total. The summed E-state index contributed by atoms with van der Waals surface area (Å²) < 4.78 is 5.70. The van der Waals surface area contributed by atoms with Crippen molar-refractivity contribution in [3.8, 4) is 0 Å². The number of hydrogen-bond donors (Lipinski definition) is 2. The molecule has 0 aromatic heterocycles. The highest BCUT2D eigenvalue weighted by Crippen LogP contribution is 2.31. The van der Waals surface area contributed by atoms with Crippen molar-refractivity contribution in [1.29, 1.82) is 0 Å². The highest BCUT2D eigenvalue weighted by molar-refractivity contribution is 5.66. The molecule has 0 aliphatic carbocycles. The average molecular weight is 314 g/mol. The molecule has 1 aliphatic heterocycles. The predicted octanol–water partition coefficient (Wildman–Crippen LogP) is 4.29. The molecule has 0 aromatic carbocycles. The Balaban J connectivity index is 1.78. The highest BCUT2D eigenvalue weighted by atomic mass is 16.6. The Morgan fingerprint density at radius 3 is 1.95 bits per heavy atom. The molecule has 130 valence electrons. The van der Waals surface area contributed by atoms with Gasteiger partial charge in [-0.15, -0.1) is 0 Å². The summed E-state index contributed by atoms with van der Waals surface area (Å²) in [7, 11) is 0. The summed E-state index contributed by atoms with van der Waals surface area (Å²) >= 11 is 0. The Labute approximate surface area is 135 Å². The largest absolute Gasteiger partial charge is 0.481 e. The molecule has 0 spiro atoms. The lowest BCUT2D eigenvalue weighted by Gasteiger charge is -2.03. The van der Waals surface area contributed by atoms with Crippen molar-refractivity contribution in [2.24, 2.45) is 0 Å². The zero-order valence-electron chi connectivity index (χ0n) is 14.1. The van der Waals surface area contributed by atoms with Gasteiger partial charge in [-0.25, -0.2) is 0 Å². The van der Waals surface area contributed by atoms with E-state index in [0.717, 1.165) is 32.1 Å². The number of carboxylic acid groups (broad SMARTS) is 1. The van der Waals surface area contributed by atoms with Crippen LogP contribution in [0.2, 0.25) is 0 Å². The summed E-state index contributed by atoms with van der Waals surface area (Å²) in [6, 6.07) is 0. The fourth-order valence-electron chi connectivity index (χ4n) is 2.98. The first-order chi connectivity index (χ1) is 10.6. The van der Waals surface area contributed by atoms with Gasteiger partial charge in [0.15, 0.2) is 0 Å². The normalized spacial score (nSPS) is 21.7. The molecule has 0 amide bonds. The van der Waals surface area contributed by atoms with Crippen LogP contribution in [0.1, 0.15) is 90.4 Å². The molecule has 4 heteroatoms. The Kier molecular flexibility index (Phi) is 10.5. The average Bonchev–Trinajstić information content (AvgIpc) is 3.19. The number of aliphatic carboxylic acids is 1. The Hall–Kier alpha value is -0.610. The second-order valence-corrected chi connectivity index (χ2v) is 6.75. The van der Waals surface area contributed by atoms with Crippen LogP contribution in [-0.4, -0.2) is 34.5 Å². The molecule has 0 bridgehead atoms. The quantitative estimate of drug-likeness (QED) is 0.349. The lowest BCUT2D eigenvalue weighted by Crippen LogP contribution is -1.98. The highest BCUT2D eigenvalue weighted by Gasteiger charge is 2.36. The van der Waals surface area contributed by atoms with Gasteiger partial charge in [0.25, 0.3) is 0 Å². The minimum Gasteiger partial charge on any atom is -0.481 e. The number of aliphatic hydroxyl groups excluding tert-OH is 1. The van der Waals surface area contributed by atoms with Crippen molar-refractivity contribution in [1.82, 2.24) is 0 Å². The predicted molar refractivity (Wildman–Crippen MR) is 88.0 cm³/mol. The number of hydrogen-bond acceptors (Lipinski definition) is 3. The van der Waals surface area contributed by atoms with E-state index in [1.54, 1.807) is 0 Å². The standard InChI is InChI=1S/C18H34O4/c1-15(19)11-7-5-6-9-13-17-16(22-17)12-8-3-2-4-10-14-18(20)21/h15-17,19H,2-14H2,1H3,(H,20,21). The van der Waals surface area contributed by atoms with Gasteiger partial charge in [0.1, 0.15) is 0 Å². The molecule has 3 unspecified atom stereocenters. The van der Waals surface area contributed by atoms with Crippen molar-refractivity contribution < 1.29 is 19.7 Å². The number of carbonyl (C=O) groups is 1. The van der Waals surface area contributed by atoms with Crippen molar-refractivity contribution in [2.45, 2.75) is 109 Å². The Bertz CT molecular complexity index is 291. The van der Waals surface area contributed by atoms with Crippen molar-refractivity contribution in [3.05, 3.63) is 0 Å². The van der Waals surface area contributed by atoms with Crippen LogP contribution in [0.15, 0.2) is 0 Å². The lowest BCUT2D eigenvalue weighted by atomic mass is 10.0. The first kappa shape index (κ1) is 19.4. The zero-order chi connectivity index (χ0) is 16.2. The number of aliphatic hydroxyl groups is 1. The van der Waals surface area contributed by atoms with Crippen LogP contribution >= 0.6 is 0 Å². The third-order valence-electron chi connectivity index (χ3n) is 4.43. The summed E-state index contributed by atoms with van der Waals surface area (Å²) in [4.78, 5) is 10.4. The van der Waals surface area contributed by atoms with E-state index in [1.807, 2.05) is 6.92 Å². The summed E-state index contributed by atoms with van der Waals surface area (Å²) in [6.07, 6.45) is 14.7. The second-order valence-electron chi connectivity index (χ2n) is 6.75. The summed E-state index contributed by atoms with van der Waals surface area (Å²) in [5, 5.41) is 17.7. The summed E-state index contributed by atoms with van der Waals surface area (Å²) in [5.74, 6) is -0.680. The van der Waals surface area contributed by atoms with Crippen LogP contribution in [0.3, 0.4) is 0 Å². The first-order valence-electron chi connectivity index (χ1n) is 9.15. The van der Waals surface area contributed by atoms with Gasteiger partial charge >= 0.3 is 5.97 Å². The van der Waals surface area contributed by atoms with Crippen molar-refractivity contribution in [2.75, 3.05) is 0 Å². The van der Waals surface area contributed by atoms with Gasteiger partial charge in [-0.1, -0.05) is 51.4 Å². The fraction of sp³-hybridized carbons (Fsp3) is 0.944. The van der Waals surface area contributed by atoms with Crippen LogP contribution in [0.5, 0.6) is 0 Å². The molecule has 0 saturated carbocycles. The monoisotopic (exact) mass is 314 g/mol. The van der Waals surface area contributed by atoms with Gasteiger partial charge in [-0.3, -0.25) is 4.79 Å². The van der Waals surface area contributed by atoms with Gasteiger partial charge in [0, 0.05) is 6.42 Å². The number of ether oxygens (including phenoxy) is 1. The van der Waals surface area contributed by atoms with E-state index in [0.29, 0.717) is 18.6 Å². The number of unbranched alkanes of at least 4 members (excludes halogenated alkanes) is 7. The molecule has 0 radical (unpaired) electrons. The molecule has 2 N–H and O–H groups in total. The van der Waals surface area contributed by atoms with Crippen molar-refractivity contribution in [3.63, 3.8) is 0 Å².